The maximum Gasteiger partial charge on any atom is 0.233 e. The quantitative estimate of drug-likeness (QED) is 0.852. The Morgan fingerprint density at radius 1 is 1.44 bits per heavy atom. The van der Waals surface area contributed by atoms with E-state index in [1.54, 1.807) is 7.05 Å². The maximum atomic E-state index is 11.3. The molecule has 1 aromatic heterocycles. The first-order valence-corrected chi connectivity index (χ1v) is 6.33. The highest BCUT2D eigenvalue weighted by Crippen LogP contribution is 2.24. The van der Waals surface area contributed by atoms with Crippen LogP contribution in [0.25, 0.3) is 0 Å². The van der Waals surface area contributed by atoms with Crippen LogP contribution in [-0.2, 0) is 4.79 Å². The van der Waals surface area contributed by atoms with Gasteiger partial charge in [0, 0.05) is 30.9 Å². The molecule has 1 aliphatic rings. The number of nitrogens with zero attached hydrogens (tertiary/aromatic N) is 3. The van der Waals surface area contributed by atoms with Crippen molar-refractivity contribution in [3.63, 3.8) is 0 Å². The SMILES string of the molecule is CNC(=O)CN1CCC(c2nc(C)cc(C)n2)C1. The van der Waals surface area contributed by atoms with Gasteiger partial charge in [0.25, 0.3) is 0 Å². The van der Waals surface area contributed by atoms with E-state index in [2.05, 4.69) is 20.2 Å². The number of rotatable bonds is 3. The Morgan fingerprint density at radius 3 is 2.72 bits per heavy atom. The Hall–Kier alpha value is -1.49. The minimum atomic E-state index is 0.0667. The summed E-state index contributed by atoms with van der Waals surface area (Å²) < 4.78 is 0. The van der Waals surface area contributed by atoms with Crippen LogP contribution in [0.1, 0.15) is 29.6 Å². The van der Waals surface area contributed by atoms with Gasteiger partial charge in [0.05, 0.1) is 6.54 Å². The fraction of sp³-hybridized carbons (Fsp3) is 0.615. The molecular weight excluding hydrogens is 228 g/mol. The molecule has 1 saturated heterocycles. The summed E-state index contributed by atoms with van der Waals surface area (Å²) >= 11 is 0. The molecule has 0 aromatic carbocycles. The summed E-state index contributed by atoms with van der Waals surface area (Å²) in [7, 11) is 1.67. The van der Waals surface area contributed by atoms with Crippen LogP contribution in [0.5, 0.6) is 0 Å². The summed E-state index contributed by atoms with van der Waals surface area (Å²) in [6, 6.07) is 1.99. The van der Waals surface area contributed by atoms with Crippen LogP contribution in [-0.4, -0.2) is 47.5 Å². The van der Waals surface area contributed by atoms with Gasteiger partial charge in [-0.25, -0.2) is 9.97 Å². The predicted molar refractivity (Wildman–Crippen MR) is 69.4 cm³/mol. The molecule has 0 aliphatic carbocycles. The second kappa shape index (κ2) is 5.44. The molecule has 18 heavy (non-hydrogen) atoms. The molecule has 1 atom stereocenters. The van der Waals surface area contributed by atoms with E-state index in [4.69, 9.17) is 0 Å². The van der Waals surface area contributed by atoms with Crippen molar-refractivity contribution in [3.05, 3.63) is 23.3 Å². The Bertz CT molecular complexity index is 426. The van der Waals surface area contributed by atoms with Crippen molar-refractivity contribution in [2.45, 2.75) is 26.2 Å². The molecule has 2 rings (SSSR count). The number of hydrogen-bond donors (Lipinski definition) is 1. The summed E-state index contributed by atoms with van der Waals surface area (Å²) in [6.07, 6.45) is 1.03. The topological polar surface area (TPSA) is 58.1 Å². The third-order valence-electron chi connectivity index (χ3n) is 3.28. The van der Waals surface area contributed by atoms with Crippen LogP contribution in [0.3, 0.4) is 0 Å². The van der Waals surface area contributed by atoms with E-state index >= 15 is 0 Å². The number of aryl methyl sites for hydroxylation is 2. The second-order valence-corrected chi connectivity index (χ2v) is 4.90. The van der Waals surface area contributed by atoms with Crippen LogP contribution in [0.15, 0.2) is 6.07 Å². The number of amides is 1. The molecule has 0 saturated carbocycles. The molecule has 98 valence electrons. The zero-order chi connectivity index (χ0) is 13.1. The minimum absolute atomic E-state index is 0.0667. The Labute approximate surface area is 108 Å². The Morgan fingerprint density at radius 2 is 2.11 bits per heavy atom. The third-order valence-corrected chi connectivity index (χ3v) is 3.28. The molecule has 1 aliphatic heterocycles. The van der Waals surface area contributed by atoms with Crippen LogP contribution in [0.2, 0.25) is 0 Å². The van der Waals surface area contributed by atoms with Gasteiger partial charge < -0.3 is 5.32 Å². The van der Waals surface area contributed by atoms with E-state index in [1.807, 2.05) is 19.9 Å². The lowest BCUT2D eigenvalue weighted by molar-refractivity contribution is -0.121. The maximum absolute atomic E-state index is 11.3. The van der Waals surface area contributed by atoms with E-state index in [1.165, 1.54) is 0 Å². The molecule has 0 bridgehead atoms. The van der Waals surface area contributed by atoms with Gasteiger partial charge in [-0.2, -0.15) is 0 Å². The van der Waals surface area contributed by atoms with Crippen LogP contribution < -0.4 is 5.32 Å². The molecule has 1 unspecified atom stereocenters. The zero-order valence-corrected chi connectivity index (χ0v) is 11.2. The average molecular weight is 248 g/mol. The van der Waals surface area contributed by atoms with Crippen molar-refractivity contribution in [2.24, 2.45) is 0 Å². The van der Waals surface area contributed by atoms with Gasteiger partial charge >= 0.3 is 0 Å². The molecule has 0 spiro atoms. The molecular formula is C13H20N4O. The summed E-state index contributed by atoms with van der Waals surface area (Å²) in [5.41, 5.74) is 2.03. The molecule has 5 nitrogen and oxygen atoms in total. The molecule has 5 heteroatoms. The van der Waals surface area contributed by atoms with E-state index < -0.39 is 0 Å². The van der Waals surface area contributed by atoms with Crippen LogP contribution >= 0.6 is 0 Å². The number of carbonyl (C=O) groups is 1. The van der Waals surface area contributed by atoms with E-state index in [0.717, 1.165) is 36.7 Å². The van der Waals surface area contributed by atoms with Crippen LogP contribution in [0.4, 0.5) is 0 Å². The van der Waals surface area contributed by atoms with E-state index in [-0.39, 0.29) is 5.91 Å². The van der Waals surface area contributed by atoms with Crippen molar-refractivity contribution in [2.75, 3.05) is 26.7 Å². The molecule has 1 amide bonds. The first-order valence-electron chi connectivity index (χ1n) is 6.33. The van der Waals surface area contributed by atoms with Crippen molar-refractivity contribution in [1.82, 2.24) is 20.2 Å². The third kappa shape index (κ3) is 3.04. The zero-order valence-electron chi connectivity index (χ0n) is 11.2. The van der Waals surface area contributed by atoms with Crippen molar-refractivity contribution >= 4 is 5.91 Å². The number of nitrogens with one attached hydrogen (secondary N) is 1. The highest BCUT2D eigenvalue weighted by molar-refractivity contribution is 5.77. The molecule has 2 heterocycles. The fourth-order valence-corrected chi connectivity index (χ4v) is 2.40. The lowest BCUT2D eigenvalue weighted by atomic mass is 10.1. The largest absolute Gasteiger partial charge is 0.358 e. The smallest absolute Gasteiger partial charge is 0.233 e. The Balaban J connectivity index is 2.01. The molecule has 1 N–H and O–H groups in total. The molecule has 0 radical (unpaired) electrons. The van der Waals surface area contributed by atoms with Gasteiger partial charge in [0.2, 0.25) is 5.91 Å². The summed E-state index contributed by atoms with van der Waals surface area (Å²) in [5.74, 6) is 1.34. The number of hydrogen-bond acceptors (Lipinski definition) is 4. The predicted octanol–water partition coefficient (Wildman–Crippen LogP) is 0.629. The van der Waals surface area contributed by atoms with Gasteiger partial charge in [-0.15, -0.1) is 0 Å². The first kappa shape index (κ1) is 13.0. The van der Waals surface area contributed by atoms with E-state index in [0.29, 0.717) is 12.5 Å². The monoisotopic (exact) mass is 248 g/mol. The van der Waals surface area contributed by atoms with Gasteiger partial charge in [0.1, 0.15) is 5.82 Å². The highest BCUT2D eigenvalue weighted by atomic mass is 16.1. The average Bonchev–Trinajstić information content (AvgIpc) is 2.76. The number of aromatic nitrogens is 2. The lowest BCUT2D eigenvalue weighted by Crippen LogP contribution is -2.34. The summed E-state index contributed by atoms with van der Waals surface area (Å²) in [6.45, 7) is 6.27. The van der Waals surface area contributed by atoms with Gasteiger partial charge in [-0.05, 0) is 32.9 Å². The lowest BCUT2D eigenvalue weighted by Gasteiger charge is -2.14. The van der Waals surface area contributed by atoms with Crippen molar-refractivity contribution in [3.8, 4) is 0 Å². The van der Waals surface area contributed by atoms with Crippen molar-refractivity contribution < 1.29 is 4.79 Å². The standard InChI is InChI=1S/C13H20N4O/c1-9-6-10(2)16-13(15-9)11-4-5-17(7-11)8-12(18)14-3/h6,11H,4-5,7-8H2,1-3H3,(H,14,18). The van der Waals surface area contributed by atoms with E-state index in [9.17, 15) is 4.79 Å². The summed E-state index contributed by atoms with van der Waals surface area (Å²) in [4.78, 5) is 22.5. The summed E-state index contributed by atoms with van der Waals surface area (Å²) in [5, 5.41) is 2.65. The number of likely N-dealkylation sites (tertiary alicyclic amines) is 1. The normalized spacial score (nSPS) is 20.1. The van der Waals surface area contributed by atoms with Gasteiger partial charge in [0.15, 0.2) is 0 Å². The molecule has 1 fully saturated rings. The second-order valence-electron chi connectivity index (χ2n) is 4.90. The first-order chi connectivity index (χ1) is 8.58. The van der Waals surface area contributed by atoms with Crippen molar-refractivity contribution in [1.29, 1.82) is 0 Å². The Kier molecular flexibility index (Phi) is 3.91. The fourth-order valence-electron chi connectivity index (χ4n) is 2.40. The van der Waals surface area contributed by atoms with Gasteiger partial charge in [-0.3, -0.25) is 9.69 Å². The van der Waals surface area contributed by atoms with Crippen LogP contribution in [0, 0.1) is 13.8 Å². The van der Waals surface area contributed by atoms with Gasteiger partial charge in [-0.1, -0.05) is 0 Å². The number of carbonyl (C=O) groups excluding carboxylic acids is 1. The minimum Gasteiger partial charge on any atom is -0.358 e. The highest BCUT2D eigenvalue weighted by Gasteiger charge is 2.27. The molecule has 1 aromatic rings. The number of likely N-dealkylation sites (N-methyl/N-ethyl adjacent to an activating group) is 1.